The van der Waals surface area contributed by atoms with Crippen molar-refractivity contribution in [2.45, 2.75) is 13.8 Å². The highest BCUT2D eigenvalue weighted by atomic mass is 16.6. The number of nitro groups is 1. The minimum absolute atomic E-state index is 0.0115. The third-order valence-corrected chi connectivity index (χ3v) is 4.03. The van der Waals surface area contributed by atoms with Crippen molar-refractivity contribution in [3.63, 3.8) is 0 Å². The Balaban J connectivity index is 1.85. The molecule has 0 fully saturated rings. The Kier molecular flexibility index (Phi) is 8.00. The maximum atomic E-state index is 12.3. The minimum Gasteiger partial charge on any atom is -0.326 e. The summed E-state index contributed by atoms with van der Waals surface area (Å²) in [5.74, 6) is -0.803. The molecule has 0 heterocycles. The molecule has 2 rings (SSSR count). The molecular formula is C20H23N5O5. The number of non-ortho nitro benzene ring substituents is 1. The monoisotopic (exact) mass is 413 g/mol. The molecule has 158 valence electrons. The van der Waals surface area contributed by atoms with Crippen LogP contribution in [-0.4, -0.2) is 47.2 Å². The van der Waals surface area contributed by atoms with Crippen LogP contribution in [0.1, 0.15) is 13.8 Å². The fourth-order valence-corrected chi connectivity index (χ4v) is 2.59. The third kappa shape index (κ3) is 7.32. The van der Waals surface area contributed by atoms with E-state index < -0.39 is 4.92 Å². The number of nitrogens with one attached hydrogen (secondary N) is 3. The normalized spacial score (nSPS) is 10.4. The maximum absolute atomic E-state index is 12.3. The summed E-state index contributed by atoms with van der Waals surface area (Å²) in [5.41, 5.74) is 1.56. The lowest BCUT2D eigenvalue weighted by Gasteiger charge is -2.19. The average molecular weight is 413 g/mol. The van der Waals surface area contributed by atoms with E-state index in [-0.39, 0.29) is 36.5 Å². The van der Waals surface area contributed by atoms with E-state index >= 15 is 0 Å². The van der Waals surface area contributed by atoms with E-state index in [4.69, 9.17) is 0 Å². The van der Waals surface area contributed by atoms with Gasteiger partial charge in [0.2, 0.25) is 17.7 Å². The molecule has 0 aromatic heterocycles. The van der Waals surface area contributed by atoms with Crippen LogP contribution in [0.2, 0.25) is 0 Å². The van der Waals surface area contributed by atoms with E-state index in [2.05, 4.69) is 16.0 Å². The van der Waals surface area contributed by atoms with Gasteiger partial charge in [-0.1, -0.05) is 6.92 Å². The molecule has 3 amide bonds. The largest absolute Gasteiger partial charge is 0.326 e. The van der Waals surface area contributed by atoms with Crippen molar-refractivity contribution < 1.29 is 19.3 Å². The molecule has 2 aromatic carbocycles. The van der Waals surface area contributed by atoms with Crippen molar-refractivity contribution >= 4 is 40.5 Å². The number of anilines is 3. The van der Waals surface area contributed by atoms with Gasteiger partial charge in [-0.25, -0.2) is 0 Å². The van der Waals surface area contributed by atoms with Crippen LogP contribution in [0.25, 0.3) is 0 Å². The SMILES string of the molecule is CCN(CC(=O)Nc1ccc(NC(C)=O)cc1)CC(=O)Nc1ccc([N+](=O)[O-])cc1. The van der Waals surface area contributed by atoms with Gasteiger partial charge in [0.1, 0.15) is 0 Å². The van der Waals surface area contributed by atoms with Crippen LogP contribution in [0, 0.1) is 10.1 Å². The van der Waals surface area contributed by atoms with Crippen molar-refractivity contribution in [1.82, 2.24) is 4.90 Å². The summed E-state index contributed by atoms with van der Waals surface area (Å²) in [6.45, 7) is 3.71. The Morgan fingerprint density at radius 1 is 0.833 bits per heavy atom. The molecule has 10 heteroatoms. The zero-order valence-corrected chi connectivity index (χ0v) is 16.7. The molecule has 3 N–H and O–H groups in total. The summed E-state index contributed by atoms with van der Waals surface area (Å²) in [6.07, 6.45) is 0. The fourth-order valence-electron chi connectivity index (χ4n) is 2.59. The van der Waals surface area contributed by atoms with Crippen LogP contribution in [0.5, 0.6) is 0 Å². The fraction of sp³-hybridized carbons (Fsp3) is 0.250. The van der Waals surface area contributed by atoms with Crippen LogP contribution in [0.3, 0.4) is 0 Å². The molecule has 10 nitrogen and oxygen atoms in total. The van der Waals surface area contributed by atoms with Gasteiger partial charge in [-0.2, -0.15) is 0 Å². The predicted molar refractivity (Wildman–Crippen MR) is 113 cm³/mol. The molecule has 0 bridgehead atoms. The number of nitrogens with zero attached hydrogens (tertiary/aromatic N) is 2. The molecule has 0 spiro atoms. The van der Waals surface area contributed by atoms with Gasteiger partial charge in [0, 0.05) is 36.1 Å². The van der Waals surface area contributed by atoms with E-state index in [1.807, 2.05) is 6.92 Å². The standard InChI is InChI=1S/C20H23N5O5/c1-3-24(13-20(28)23-17-8-10-18(11-9-17)25(29)30)12-19(27)22-16-6-4-15(5-7-16)21-14(2)26/h4-11H,3,12-13H2,1-2H3,(H,21,26)(H,22,27)(H,23,28). The lowest BCUT2D eigenvalue weighted by atomic mass is 10.2. The van der Waals surface area contributed by atoms with E-state index in [9.17, 15) is 24.5 Å². The van der Waals surface area contributed by atoms with Crippen LogP contribution in [0.15, 0.2) is 48.5 Å². The first-order valence-electron chi connectivity index (χ1n) is 9.21. The van der Waals surface area contributed by atoms with Gasteiger partial charge in [0.25, 0.3) is 5.69 Å². The van der Waals surface area contributed by atoms with Crippen LogP contribution < -0.4 is 16.0 Å². The average Bonchev–Trinajstić information content (AvgIpc) is 2.69. The van der Waals surface area contributed by atoms with Gasteiger partial charge >= 0.3 is 0 Å². The number of carbonyl (C=O) groups is 3. The van der Waals surface area contributed by atoms with Gasteiger partial charge < -0.3 is 16.0 Å². The zero-order chi connectivity index (χ0) is 22.1. The summed E-state index contributed by atoms with van der Waals surface area (Å²) >= 11 is 0. The smallest absolute Gasteiger partial charge is 0.269 e. The van der Waals surface area contributed by atoms with Crippen LogP contribution >= 0.6 is 0 Å². The Morgan fingerprint density at radius 2 is 1.23 bits per heavy atom. The van der Waals surface area contributed by atoms with Crippen molar-refractivity contribution in [3.05, 3.63) is 58.6 Å². The second-order valence-corrected chi connectivity index (χ2v) is 6.46. The van der Waals surface area contributed by atoms with E-state index in [0.29, 0.717) is 23.6 Å². The Morgan fingerprint density at radius 3 is 1.60 bits per heavy atom. The first-order chi connectivity index (χ1) is 14.3. The highest BCUT2D eigenvalue weighted by Crippen LogP contribution is 2.16. The summed E-state index contributed by atoms with van der Waals surface area (Å²) in [5, 5.41) is 18.7. The third-order valence-electron chi connectivity index (χ3n) is 4.03. The quantitative estimate of drug-likeness (QED) is 0.427. The van der Waals surface area contributed by atoms with Gasteiger partial charge in [-0.3, -0.25) is 29.4 Å². The number of benzene rings is 2. The molecule has 30 heavy (non-hydrogen) atoms. The van der Waals surface area contributed by atoms with Crippen molar-refractivity contribution in [2.75, 3.05) is 35.6 Å². The van der Waals surface area contributed by atoms with Crippen LogP contribution in [-0.2, 0) is 14.4 Å². The summed E-state index contributed by atoms with van der Waals surface area (Å²) in [7, 11) is 0. The number of carbonyl (C=O) groups excluding carboxylic acids is 3. The highest BCUT2D eigenvalue weighted by Gasteiger charge is 2.14. The topological polar surface area (TPSA) is 134 Å². The molecule has 0 radical (unpaired) electrons. The molecular weight excluding hydrogens is 390 g/mol. The number of amides is 3. The number of hydrogen-bond donors (Lipinski definition) is 3. The summed E-state index contributed by atoms with van der Waals surface area (Å²) < 4.78 is 0. The van der Waals surface area contributed by atoms with Gasteiger partial charge in [0.15, 0.2) is 0 Å². The summed E-state index contributed by atoms with van der Waals surface area (Å²) in [6, 6.07) is 12.2. The van der Waals surface area contributed by atoms with E-state index in [0.717, 1.165) is 0 Å². The lowest BCUT2D eigenvalue weighted by Crippen LogP contribution is -2.38. The van der Waals surface area contributed by atoms with E-state index in [1.54, 1.807) is 29.2 Å². The minimum atomic E-state index is -0.517. The molecule has 2 aromatic rings. The highest BCUT2D eigenvalue weighted by molar-refractivity contribution is 5.95. The Hall–Kier alpha value is -3.79. The second-order valence-electron chi connectivity index (χ2n) is 6.46. The molecule has 0 saturated heterocycles. The van der Waals surface area contributed by atoms with Gasteiger partial charge in [0.05, 0.1) is 18.0 Å². The van der Waals surface area contributed by atoms with Crippen LogP contribution in [0.4, 0.5) is 22.7 Å². The molecule has 0 aliphatic carbocycles. The predicted octanol–water partition coefficient (Wildman–Crippen LogP) is 2.45. The Bertz CT molecular complexity index is 912. The first kappa shape index (κ1) is 22.5. The van der Waals surface area contributed by atoms with Crippen molar-refractivity contribution in [1.29, 1.82) is 0 Å². The van der Waals surface area contributed by atoms with Crippen molar-refractivity contribution in [2.24, 2.45) is 0 Å². The molecule has 0 atom stereocenters. The second kappa shape index (κ2) is 10.7. The lowest BCUT2D eigenvalue weighted by molar-refractivity contribution is -0.384. The van der Waals surface area contributed by atoms with E-state index in [1.165, 1.54) is 31.2 Å². The van der Waals surface area contributed by atoms with Crippen molar-refractivity contribution in [3.8, 4) is 0 Å². The first-order valence-corrected chi connectivity index (χ1v) is 9.21. The number of likely N-dealkylation sites (N-methyl/N-ethyl adjacent to an activating group) is 1. The number of hydrogen-bond acceptors (Lipinski definition) is 6. The summed E-state index contributed by atoms with van der Waals surface area (Å²) in [4.78, 5) is 47.3. The maximum Gasteiger partial charge on any atom is 0.269 e. The molecule has 0 unspecified atom stereocenters. The van der Waals surface area contributed by atoms with Gasteiger partial charge in [-0.05, 0) is 42.9 Å². The Labute approximate surface area is 173 Å². The number of rotatable bonds is 9. The molecule has 0 aliphatic heterocycles. The zero-order valence-electron chi connectivity index (χ0n) is 16.7. The molecule has 0 aliphatic rings. The number of nitro benzene ring substituents is 1. The van der Waals surface area contributed by atoms with Gasteiger partial charge in [-0.15, -0.1) is 0 Å². The molecule has 0 saturated carbocycles.